The van der Waals surface area contributed by atoms with Gasteiger partial charge < -0.3 is 15.6 Å². The van der Waals surface area contributed by atoms with E-state index in [2.05, 4.69) is 36.9 Å². The van der Waals surface area contributed by atoms with Crippen LogP contribution in [-0.4, -0.2) is 20.6 Å². The van der Waals surface area contributed by atoms with Crippen molar-refractivity contribution in [2.45, 2.75) is 19.5 Å². The summed E-state index contributed by atoms with van der Waals surface area (Å²) in [5, 5.41) is 1.93. The molecule has 1 heterocycles. The van der Waals surface area contributed by atoms with E-state index in [0.717, 1.165) is 17.8 Å². The molecule has 1 aliphatic heterocycles. The number of nitrogens with two attached hydrogens (primary N) is 1. The van der Waals surface area contributed by atoms with Gasteiger partial charge in [-0.1, -0.05) is 6.08 Å². The molecule has 0 aromatic rings. The van der Waals surface area contributed by atoms with E-state index >= 15 is 0 Å². The van der Waals surface area contributed by atoms with Gasteiger partial charge in [0.1, 0.15) is 5.76 Å². The molecule has 2 rings (SSSR count). The van der Waals surface area contributed by atoms with E-state index in [0.29, 0.717) is 6.54 Å². The van der Waals surface area contributed by atoms with Gasteiger partial charge in [0, 0.05) is 30.7 Å². The van der Waals surface area contributed by atoms with Crippen molar-refractivity contribution in [3.05, 3.63) is 59.8 Å². The molecule has 0 radical (unpaired) electrons. The van der Waals surface area contributed by atoms with E-state index in [1.165, 1.54) is 5.57 Å². The summed E-state index contributed by atoms with van der Waals surface area (Å²) < 4.78 is 5.95. The van der Waals surface area contributed by atoms with Crippen molar-refractivity contribution in [2.75, 3.05) is 6.54 Å². The van der Waals surface area contributed by atoms with Crippen LogP contribution in [0.5, 0.6) is 0 Å². The smallest absolute Gasteiger partial charge is 0.229 e. The Labute approximate surface area is 116 Å². The normalized spacial score (nSPS) is 20.4. The Morgan fingerprint density at radius 2 is 2.32 bits per heavy atom. The van der Waals surface area contributed by atoms with Gasteiger partial charge in [-0.05, 0) is 43.3 Å². The molecule has 0 atom stereocenters. The molecule has 0 aromatic carbocycles. The average Bonchev–Trinajstić information content (AvgIpc) is 2.39. The topological polar surface area (TPSA) is 50.5 Å². The molecule has 4 nitrogen and oxygen atoms in total. The molecular weight excluding hydrogens is 254 g/mol. The fourth-order valence-electron chi connectivity index (χ4n) is 1.93. The highest BCUT2D eigenvalue weighted by atomic mass is 28.3. The zero-order valence-corrected chi connectivity index (χ0v) is 12.6. The quantitative estimate of drug-likeness (QED) is 0.769. The number of allylic oxidation sites excluding steroid dienone is 5. The maximum Gasteiger partial charge on any atom is 0.229 e. The molecule has 102 valence electrons. The third-order valence-electron chi connectivity index (χ3n) is 2.78. The van der Waals surface area contributed by atoms with Gasteiger partial charge in [0.25, 0.3) is 0 Å². The third-order valence-corrected chi connectivity index (χ3v) is 3.51. The Balaban J connectivity index is 2.13. The van der Waals surface area contributed by atoms with Crippen LogP contribution < -0.4 is 11.2 Å². The first kappa shape index (κ1) is 13.7. The minimum absolute atomic E-state index is 0.533. The van der Waals surface area contributed by atoms with Crippen LogP contribution in [0, 0.1) is 0 Å². The fraction of sp³-hybridized carbons (Fsp3) is 0.286. The SMILES string of the molecule is C[SiH](C)OC1=CC(=CN2C=CC=CN2)CC=C1CN. The molecule has 0 aromatic heterocycles. The van der Waals surface area contributed by atoms with Crippen LogP contribution in [0.1, 0.15) is 6.42 Å². The zero-order valence-electron chi connectivity index (χ0n) is 11.5. The van der Waals surface area contributed by atoms with Crippen LogP contribution in [0.3, 0.4) is 0 Å². The lowest BCUT2D eigenvalue weighted by molar-refractivity contribution is 0.422. The summed E-state index contributed by atoms with van der Waals surface area (Å²) in [6, 6.07) is 0. The van der Waals surface area contributed by atoms with Gasteiger partial charge >= 0.3 is 0 Å². The maximum absolute atomic E-state index is 5.95. The fourth-order valence-corrected chi connectivity index (χ4v) is 2.66. The number of nitrogens with zero attached hydrogens (tertiary/aromatic N) is 1. The Hall–Kier alpha value is -1.72. The first-order valence-corrected chi connectivity index (χ1v) is 9.33. The van der Waals surface area contributed by atoms with Crippen molar-refractivity contribution in [1.82, 2.24) is 10.4 Å². The average molecular weight is 275 g/mol. The molecule has 0 amide bonds. The Bertz CT molecular complexity index is 475. The number of rotatable bonds is 4. The lowest BCUT2D eigenvalue weighted by Gasteiger charge is -2.22. The lowest BCUT2D eigenvalue weighted by atomic mass is 10.0. The van der Waals surface area contributed by atoms with Crippen LogP contribution in [0.25, 0.3) is 0 Å². The van der Waals surface area contributed by atoms with E-state index in [-0.39, 0.29) is 0 Å². The Kier molecular flexibility index (Phi) is 4.65. The van der Waals surface area contributed by atoms with Crippen LogP contribution in [-0.2, 0) is 4.43 Å². The first-order valence-electron chi connectivity index (χ1n) is 6.55. The van der Waals surface area contributed by atoms with E-state index in [1.807, 2.05) is 29.6 Å². The van der Waals surface area contributed by atoms with Crippen LogP contribution in [0.4, 0.5) is 0 Å². The summed E-state index contributed by atoms with van der Waals surface area (Å²) >= 11 is 0. The zero-order chi connectivity index (χ0) is 13.7. The second-order valence-corrected chi connectivity index (χ2v) is 7.09. The molecule has 2 aliphatic rings. The molecule has 0 spiro atoms. The molecule has 0 bridgehead atoms. The number of nitrogens with one attached hydrogen (secondary N) is 1. The van der Waals surface area contributed by atoms with Crippen LogP contribution in [0.15, 0.2) is 59.8 Å². The van der Waals surface area contributed by atoms with E-state index in [4.69, 9.17) is 10.2 Å². The van der Waals surface area contributed by atoms with Gasteiger partial charge in [0.2, 0.25) is 9.04 Å². The lowest BCUT2D eigenvalue weighted by Crippen LogP contribution is -2.25. The molecule has 5 heteroatoms. The highest BCUT2D eigenvalue weighted by molar-refractivity contribution is 6.48. The van der Waals surface area contributed by atoms with Crippen molar-refractivity contribution in [3.63, 3.8) is 0 Å². The highest BCUT2D eigenvalue weighted by Gasteiger charge is 2.13. The predicted octanol–water partition coefficient (Wildman–Crippen LogP) is 1.89. The molecule has 0 saturated carbocycles. The summed E-state index contributed by atoms with van der Waals surface area (Å²) in [6.07, 6.45) is 15.0. The predicted molar refractivity (Wildman–Crippen MR) is 81.1 cm³/mol. The summed E-state index contributed by atoms with van der Waals surface area (Å²) in [5.41, 5.74) is 11.2. The Morgan fingerprint density at radius 1 is 1.47 bits per heavy atom. The van der Waals surface area contributed by atoms with Crippen molar-refractivity contribution in [3.8, 4) is 0 Å². The van der Waals surface area contributed by atoms with Crippen molar-refractivity contribution < 1.29 is 4.43 Å². The number of hydrazine groups is 1. The van der Waals surface area contributed by atoms with Gasteiger partial charge in [-0.2, -0.15) is 0 Å². The Morgan fingerprint density at radius 3 is 2.95 bits per heavy atom. The van der Waals surface area contributed by atoms with E-state index in [9.17, 15) is 0 Å². The number of hydrogen-bond acceptors (Lipinski definition) is 4. The molecule has 0 fully saturated rings. The highest BCUT2D eigenvalue weighted by Crippen LogP contribution is 2.23. The molecule has 0 unspecified atom stereocenters. The van der Waals surface area contributed by atoms with Crippen molar-refractivity contribution >= 4 is 9.04 Å². The van der Waals surface area contributed by atoms with E-state index in [1.54, 1.807) is 0 Å². The maximum atomic E-state index is 5.95. The van der Waals surface area contributed by atoms with Crippen LogP contribution in [0.2, 0.25) is 13.1 Å². The summed E-state index contributed by atoms with van der Waals surface area (Å²) in [7, 11) is -1.11. The molecular formula is C14H21N3OSi. The van der Waals surface area contributed by atoms with Crippen molar-refractivity contribution in [2.24, 2.45) is 5.73 Å². The second-order valence-electron chi connectivity index (χ2n) is 4.75. The minimum Gasteiger partial charge on any atom is -0.547 e. The number of hydrogen-bond donors (Lipinski definition) is 2. The minimum atomic E-state index is -1.11. The second kappa shape index (κ2) is 6.45. The van der Waals surface area contributed by atoms with Gasteiger partial charge in [0.05, 0.1) is 0 Å². The summed E-state index contributed by atoms with van der Waals surface area (Å²) in [4.78, 5) is 0. The molecule has 19 heavy (non-hydrogen) atoms. The molecule has 1 aliphatic carbocycles. The van der Waals surface area contributed by atoms with E-state index < -0.39 is 9.04 Å². The van der Waals surface area contributed by atoms with Gasteiger partial charge in [-0.15, -0.1) is 0 Å². The van der Waals surface area contributed by atoms with Crippen molar-refractivity contribution in [1.29, 1.82) is 0 Å². The summed E-state index contributed by atoms with van der Waals surface area (Å²) in [6.45, 7) is 4.85. The summed E-state index contributed by atoms with van der Waals surface area (Å²) in [5.74, 6) is 0.943. The molecule has 3 N–H and O–H groups in total. The first-order chi connectivity index (χ1) is 9.19. The van der Waals surface area contributed by atoms with Crippen LogP contribution >= 0.6 is 0 Å². The third kappa shape index (κ3) is 3.87. The largest absolute Gasteiger partial charge is 0.547 e. The monoisotopic (exact) mass is 275 g/mol. The standard InChI is InChI=1S/C14H21N3OSi/c1-19(2)18-14-9-12(5-6-13(14)10-15)11-17-8-4-3-7-16-17/h3-4,6-9,11,16,19H,5,10,15H2,1-2H3. The van der Waals surface area contributed by atoms with Gasteiger partial charge in [0.15, 0.2) is 0 Å². The van der Waals surface area contributed by atoms with Gasteiger partial charge in [-0.25, -0.2) is 0 Å². The molecule has 0 saturated heterocycles. The van der Waals surface area contributed by atoms with Gasteiger partial charge in [-0.3, -0.25) is 5.01 Å².